The highest BCUT2D eigenvalue weighted by Gasteiger charge is 2.40. The van der Waals surface area contributed by atoms with Crippen LogP contribution < -0.4 is 4.74 Å². The molecule has 3 rings (SSSR count). The molecule has 1 heterocycles. The van der Waals surface area contributed by atoms with E-state index in [0.717, 1.165) is 42.1 Å². The van der Waals surface area contributed by atoms with Gasteiger partial charge in [0.05, 0.1) is 13.2 Å². The third-order valence-corrected chi connectivity index (χ3v) is 6.57. The van der Waals surface area contributed by atoms with Gasteiger partial charge in [0.2, 0.25) is 6.41 Å². The maximum Gasteiger partial charge on any atom is 0.210 e. The quantitative estimate of drug-likeness (QED) is 0.417. The van der Waals surface area contributed by atoms with Gasteiger partial charge in [0.1, 0.15) is 0 Å². The van der Waals surface area contributed by atoms with E-state index in [1.807, 2.05) is 4.90 Å². The Morgan fingerprint density at radius 2 is 2.04 bits per heavy atom. The molecule has 1 amide bonds. The largest absolute Gasteiger partial charge is 0.504 e. The summed E-state index contributed by atoms with van der Waals surface area (Å²) >= 11 is 3.57. The number of hydrogen-bond acceptors (Lipinski definition) is 5. The number of amides is 1. The lowest BCUT2D eigenvalue weighted by Gasteiger charge is -2.44. The second-order valence-corrected chi connectivity index (χ2v) is 7.91. The minimum Gasteiger partial charge on any atom is -0.504 e. The zero-order valence-electron chi connectivity index (χ0n) is 16.0. The van der Waals surface area contributed by atoms with Crippen LogP contribution in [0.15, 0.2) is 27.8 Å². The zero-order chi connectivity index (χ0) is 19.6. The number of phenols is 1. The van der Waals surface area contributed by atoms with Gasteiger partial charge in [-0.15, -0.1) is 0 Å². The lowest BCUT2D eigenvalue weighted by molar-refractivity contribution is -0.213. The van der Waals surface area contributed by atoms with E-state index in [2.05, 4.69) is 15.9 Å². The molecule has 6 nitrogen and oxygen atoms in total. The van der Waals surface area contributed by atoms with Crippen LogP contribution in [0.2, 0.25) is 0 Å². The van der Waals surface area contributed by atoms with Gasteiger partial charge in [-0.25, -0.2) is 0 Å². The molecule has 0 saturated heterocycles. The summed E-state index contributed by atoms with van der Waals surface area (Å²) in [5, 5.41) is 10.2. The summed E-state index contributed by atoms with van der Waals surface area (Å²) in [5.74, 6) is -0.0463. The predicted molar refractivity (Wildman–Crippen MR) is 105 cm³/mol. The third-order valence-electron chi connectivity index (χ3n) is 5.83. The molecular formula is C20H26BrNO5. The molecule has 0 aromatic heterocycles. The Bertz CT molecular complexity index is 744. The first-order chi connectivity index (χ1) is 13.0. The van der Waals surface area contributed by atoms with Crippen molar-refractivity contribution >= 4 is 22.3 Å². The summed E-state index contributed by atoms with van der Waals surface area (Å²) in [7, 11) is 4.89. The predicted octanol–water partition coefficient (Wildman–Crippen LogP) is 3.41. The van der Waals surface area contributed by atoms with Gasteiger partial charge in [-0.1, -0.05) is 21.5 Å². The first kappa shape index (κ1) is 20.2. The fourth-order valence-corrected chi connectivity index (χ4v) is 4.70. The number of methoxy groups -OCH3 is 3. The van der Waals surface area contributed by atoms with Gasteiger partial charge < -0.3 is 24.2 Å². The van der Waals surface area contributed by atoms with Crippen molar-refractivity contribution in [3.05, 3.63) is 33.3 Å². The van der Waals surface area contributed by atoms with Crippen LogP contribution in [-0.2, 0) is 20.7 Å². The van der Waals surface area contributed by atoms with Crippen LogP contribution in [0.3, 0.4) is 0 Å². The molecule has 148 valence electrons. The second kappa shape index (κ2) is 8.20. The van der Waals surface area contributed by atoms with E-state index in [1.54, 1.807) is 26.4 Å². The fourth-order valence-electron chi connectivity index (χ4n) is 4.21. The number of halogens is 1. The molecule has 0 saturated carbocycles. The van der Waals surface area contributed by atoms with Crippen LogP contribution in [0.25, 0.3) is 0 Å². The summed E-state index contributed by atoms with van der Waals surface area (Å²) in [6.45, 7) is 0.677. The topological polar surface area (TPSA) is 68.2 Å². The summed E-state index contributed by atoms with van der Waals surface area (Å²) < 4.78 is 17.3. The van der Waals surface area contributed by atoms with Crippen LogP contribution in [0.1, 0.15) is 31.2 Å². The highest BCUT2D eigenvalue weighted by atomic mass is 79.9. The van der Waals surface area contributed by atoms with Crippen LogP contribution in [0, 0.1) is 0 Å². The molecule has 1 aliphatic heterocycles. The number of benzene rings is 1. The van der Waals surface area contributed by atoms with E-state index in [4.69, 9.17) is 14.2 Å². The number of hydrogen-bond donors (Lipinski definition) is 1. The molecule has 0 spiro atoms. The fraction of sp³-hybridized carbons (Fsp3) is 0.550. The van der Waals surface area contributed by atoms with Crippen molar-refractivity contribution in [2.75, 3.05) is 27.9 Å². The average molecular weight is 440 g/mol. The number of carbonyl (C=O) groups is 1. The molecule has 0 bridgehead atoms. The monoisotopic (exact) mass is 439 g/mol. The van der Waals surface area contributed by atoms with Crippen LogP contribution in [-0.4, -0.2) is 56.1 Å². The molecule has 1 aliphatic carbocycles. The van der Waals surface area contributed by atoms with Crippen LogP contribution >= 0.6 is 15.9 Å². The molecule has 1 aromatic carbocycles. The van der Waals surface area contributed by atoms with Crippen molar-refractivity contribution < 1.29 is 24.1 Å². The van der Waals surface area contributed by atoms with E-state index in [0.29, 0.717) is 18.7 Å². The highest BCUT2D eigenvalue weighted by molar-refractivity contribution is 9.10. The summed E-state index contributed by atoms with van der Waals surface area (Å²) in [6, 6.07) is 3.44. The van der Waals surface area contributed by atoms with E-state index in [9.17, 15) is 9.90 Å². The Hall–Kier alpha value is -1.57. The second-order valence-electron chi connectivity index (χ2n) is 7.05. The van der Waals surface area contributed by atoms with Gasteiger partial charge in [0, 0.05) is 38.1 Å². The van der Waals surface area contributed by atoms with Gasteiger partial charge in [-0.3, -0.25) is 4.79 Å². The van der Waals surface area contributed by atoms with Crippen molar-refractivity contribution in [2.24, 2.45) is 0 Å². The summed E-state index contributed by atoms with van der Waals surface area (Å²) in [5.41, 5.74) is 3.55. The molecule has 0 fully saturated rings. The molecule has 1 unspecified atom stereocenters. The van der Waals surface area contributed by atoms with Crippen molar-refractivity contribution in [3.63, 3.8) is 0 Å². The minimum absolute atomic E-state index is 0.0259. The molecule has 1 aromatic rings. The van der Waals surface area contributed by atoms with E-state index in [-0.39, 0.29) is 11.8 Å². The van der Waals surface area contributed by atoms with Crippen molar-refractivity contribution in [1.29, 1.82) is 0 Å². The lowest BCUT2D eigenvalue weighted by atomic mass is 9.78. The zero-order valence-corrected chi connectivity index (χ0v) is 17.5. The maximum atomic E-state index is 11.7. The average Bonchev–Trinajstić information content (AvgIpc) is 2.70. The molecule has 27 heavy (non-hydrogen) atoms. The third kappa shape index (κ3) is 3.86. The lowest BCUT2D eigenvalue weighted by Crippen LogP contribution is -2.46. The van der Waals surface area contributed by atoms with Gasteiger partial charge in [-0.05, 0) is 42.5 Å². The van der Waals surface area contributed by atoms with E-state index >= 15 is 0 Å². The number of carbonyl (C=O) groups excluding carboxylic acids is 1. The molecule has 7 heteroatoms. The van der Waals surface area contributed by atoms with Crippen molar-refractivity contribution in [2.45, 2.75) is 43.9 Å². The Kier molecular flexibility index (Phi) is 6.13. The van der Waals surface area contributed by atoms with E-state index in [1.165, 1.54) is 18.3 Å². The normalized spacial score (nSPS) is 21.8. The summed E-state index contributed by atoms with van der Waals surface area (Å²) in [4.78, 5) is 13.6. The van der Waals surface area contributed by atoms with Crippen LogP contribution in [0.5, 0.6) is 11.5 Å². The number of phenolic OH excluding ortho intramolecular Hbond substituents is 1. The first-order valence-electron chi connectivity index (χ1n) is 9.04. The van der Waals surface area contributed by atoms with Crippen molar-refractivity contribution in [1.82, 2.24) is 4.90 Å². The Labute approximate surface area is 168 Å². The SMILES string of the molecule is COc1cc(Br)c(CC2C3=C(CCN2C=O)CC(OC)(OC)CC3)cc1O. The first-order valence-corrected chi connectivity index (χ1v) is 9.83. The number of nitrogens with zero attached hydrogens (tertiary/aromatic N) is 1. The summed E-state index contributed by atoms with van der Waals surface area (Å²) in [6.07, 6.45) is 4.72. The van der Waals surface area contributed by atoms with Gasteiger partial charge in [0.15, 0.2) is 17.3 Å². The number of aromatic hydroxyl groups is 1. The molecule has 1 N–H and O–H groups in total. The van der Waals surface area contributed by atoms with E-state index < -0.39 is 5.79 Å². The number of ether oxygens (including phenoxy) is 3. The van der Waals surface area contributed by atoms with Gasteiger partial charge in [0.25, 0.3) is 0 Å². The highest BCUT2D eigenvalue weighted by Crippen LogP contribution is 2.43. The minimum atomic E-state index is -0.564. The van der Waals surface area contributed by atoms with Gasteiger partial charge in [-0.2, -0.15) is 0 Å². The molecule has 2 aliphatic rings. The Balaban J connectivity index is 1.93. The number of rotatable bonds is 6. The van der Waals surface area contributed by atoms with Crippen molar-refractivity contribution in [3.8, 4) is 11.5 Å². The van der Waals surface area contributed by atoms with Gasteiger partial charge >= 0.3 is 0 Å². The molecule has 0 radical (unpaired) electrons. The smallest absolute Gasteiger partial charge is 0.210 e. The standard InChI is InChI=1S/C20H26BrNO5/c1-25-19-10-16(21)14(9-18(19)24)8-17-15-4-6-20(26-2,27-3)11-13(15)5-7-22(17)12-23/h9-10,12,17,24H,4-8,11H2,1-3H3. The van der Waals surface area contributed by atoms with Crippen LogP contribution in [0.4, 0.5) is 0 Å². The molecule has 1 atom stereocenters. The Morgan fingerprint density at radius 3 is 2.67 bits per heavy atom. The Morgan fingerprint density at radius 1 is 1.30 bits per heavy atom. The molecular weight excluding hydrogens is 414 g/mol. The maximum absolute atomic E-state index is 11.7.